The molecule has 0 aromatic heterocycles. The first-order chi connectivity index (χ1) is 8.74. The van der Waals surface area contributed by atoms with Crippen molar-refractivity contribution in [3.8, 4) is 0 Å². The normalized spacial score (nSPS) is 22.7. The highest BCUT2D eigenvalue weighted by molar-refractivity contribution is 5.67. The molecule has 1 aliphatic carbocycles. The van der Waals surface area contributed by atoms with E-state index < -0.39 is 0 Å². The van der Waals surface area contributed by atoms with Crippen molar-refractivity contribution in [1.29, 1.82) is 0 Å². The number of aliphatic hydroxyl groups excluding tert-OH is 1. The fourth-order valence-corrected chi connectivity index (χ4v) is 2.24. The Labute approximate surface area is 107 Å². The molecule has 0 saturated heterocycles. The highest BCUT2D eigenvalue weighted by Crippen LogP contribution is 2.24. The number of carbonyl (C=O) groups is 1. The first kappa shape index (κ1) is 12.9. The molecule has 2 N–H and O–H groups in total. The largest absolute Gasteiger partial charge is 0.445 e. The molecule has 0 aliphatic heterocycles. The Morgan fingerprint density at radius 1 is 1.33 bits per heavy atom. The van der Waals surface area contributed by atoms with Crippen LogP contribution in [0.4, 0.5) is 4.79 Å². The summed E-state index contributed by atoms with van der Waals surface area (Å²) in [4.78, 5) is 11.5. The van der Waals surface area contributed by atoms with Crippen LogP contribution < -0.4 is 5.32 Å². The van der Waals surface area contributed by atoms with Gasteiger partial charge in [0.1, 0.15) is 6.61 Å². The van der Waals surface area contributed by atoms with Crippen molar-refractivity contribution in [1.82, 2.24) is 5.32 Å². The molecule has 1 aromatic rings. The number of carbonyl (C=O) groups excluding carboxylic acids is 1. The summed E-state index contributed by atoms with van der Waals surface area (Å²) < 4.78 is 5.10. The zero-order valence-corrected chi connectivity index (χ0v) is 10.3. The Morgan fingerprint density at radius 3 is 2.78 bits per heavy atom. The van der Waals surface area contributed by atoms with Crippen molar-refractivity contribution in [3.63, 3.8) is 0 Å². The third-order valence-electron chi connectivity index (χ3n) is 3.26. The molecule has 1 aliphatic rings. The second-order valence-electron chi connectivity index (χ2n) is 4.78. The summed E-state index contributed by atoms with van der Waals surface area (Å²) in [7, 11) is 0. The van der Waals surface area contributed by atoms with Gasteiger partial charge in [0.05, 0.1) is 6.10 Å². The third kappa shape index (κ3) is 4.04. The van der Waals surface area contributed by atoms with E-state index in [0.29, 0.717) is 19.1 Å². The monoisotopic (exact) mass is 249 g/mol. The molecule has 18 heavy (non-hydrogen) atoms. The van der Waals surface area contributed by atoms with E-state index in [9.17, 15) is 9.90 Å². The van der Waals surface area contributed by atoms with Crippen molar-refractivity contribution in [3.05, 3.63) is 35.9 Å². The van der Waals surface area contributed by atoms with E-state index in [2.05, 4.69) is 5.32 Å². The number of aliphatic hydroxyl groups is 1. The summed E-state index contributed by atoms with van der Waals surface area (Å²) in [5.41, 5.74) is 0.976. The second-order valence-corrected chi connectivity index (χ2v) is 4.78. The van der Waals surface area contributed by atoms with E-state index >= 15 is 0 Å². The Kier molecular flexibility index (Phi) is 4.59. The zero-order chi connectivity index (χ0) is 12.8. The van der Waals surface area contributed by atoms with Crippen molar-refractivity contribution >= 4 is 6.09 Å². The molecular formula is C14H19NO3. The summed E-state index contributed by atoms with van der Waals surface area (Å²) in [5, 5.41) is 12.1. The number of alkyl carbamates (subject to hydrolysis) is 1. The maximum atomic E-state index is 11.5. The predicted octanol–water partition coefficient (Wildman–Crippen LogP) is 2.07. The molecule has 0 unspecified atom stereocenters. The van der Waals surface area contributed by atoms with Gasteiger partial charge >= 0.3 is 6.09 Å². The standard InChI is InChI=1S/C14H19NO3/c16-13-7-6-12(8-13)9-15-14(17)18-10-11-4-2-1-3-5-11/h1-5,12-13,16H,6-10H2,(H,15,17)/t12-,13+/m0/s1. The number of amides is 1. The van der Waals surface area contributed by atoms with Gasteiger partial charge < -0.3 is 15.2 Å². The van der Waals surface area contributed by atoms with Crippen LogP contribution in [0.2, 0.25) is 0 Å². The lowest BCUT2D eigenvalue weighted by Gasteiger charge is -2.11. The molecule has 1 amide bonds. The van der Waals surface area contributed by atoms with Crippen LogP contribution in [-0.4, -0.2) is 23.8 Å². The summed E-state index contributed by atoms with van der Waals surface area (Å²) in [5.74, 6) is 0.379. The molecule has 2 rings (SSSR count). The van der Waals surface area contributed by atoms with Crippen molar-refractivity contribution in [2.75, 3.05) is 6.54 Å². The quantitative estimate of drug-likeness (QED) is 0.859. The maximum absolute atomic E-state index is 11.5. The van der Waals surface area contributed by atoms with Crippen LogP contribution in [0.5, 0.6) is 0 Å². The summed E-state index contributed by atoms with van der Waals surface area (Å²) in [6.45, 7) is 0.880. The molecule has 0 bridgehead atoms. The molecular weight excluding hydrogens is 230 g/mol. The van der Waals surface area contributed by atoms with Crippen LogP contribution in [0, 0.1) is 5.92 Å². The second kappa shape index (κ2) is 6.40. The lowest BCUT2D eigenvalue weighted by molar-refractivity contribution is 0.137. The number of nitrogens with one attached hydrogen (secondary N) is 1. The van der Waals surface area contributed by atoms with E-state index in [-0.39, 0.29) is 12.2 Å². The highest BCUT2D eigenvalue weighted by Gasteiger charge is 2.23. The summed E-state index contributed by atoms with van der Waals surface area (Å²) in [6.07, 6.45) is 2.00. The van der Waals surface area contributed by atoms with Gasteiger partial charge in [-0.1, -0.05) is 30.3 Å². The van der Waals surface area contributed by atoms with Gasteiger partial charge in [-0.05, 0) is 30.7 Å². The molecule has 98 valence electrons. The van der Waals surface area contributed by atoms with Crippen molar-refractivity contribution in [2.45, 2.75) is 32.0 Å². The highest BCUT2D eigenvalue weighted by atomic mass is 16.5. The first-order valence-corrected chi connectivity index (χ1v) is 6.36. The van der Waals surface area contributed by atoms with Crippen molar-refractivity contribution in [2.24, 2.45) is 5.92 Å². The van der Waals surface area contributed by atoms with Gasteiger partial charge in [-0.3, -0.25) is 0 Å². The van der Waals surface area contributed by atoms with Crippen LogP contribution >= 0.6 is 0 Å². The maximum Gasteiger partial charge on any atom is 0.407 e. The molecule has 0 radical (unpaired) electrons. The first-order valence-electron chi connectivity index (χ1n) is 6.36. The lowest BCUT2D eigenvalue weighted by Crippen LogP contribution is -2.29. The number of hydrogen-bond acceptors (Lipinski definition) is 3. The van der Waals surface area contributed by atoms with Gasteiger partial charge in [-0.2, -0.15) is 0 Å². The number of benzene rings is 1. The average Bonchev–Trinajstić information content (AvgIpc) is 2.81. The topological polar surface area (TPSA) is 58.6 Å². The predicted molar refractivity (Wildman–Crippen MR) is 68.0 cm³/mol. The Morgan fingerprint density at radius 2 is 2.11 bits per heavy atom. The SMILES string of the molecule is O=C(NC[C@H]1CC[C@@H](O)C1)OCc1ccccc1. The lowest BCUT2D eigenvalue weighted by atomic mass is 10.1. The Bertz CT molecular complexity index is 380. The zero-order valence-electron chi connectivity index (χ0n) is 10.3. The minimum Gasteiger partial charge on any atom is -0.445 e. The number of hydrogen-bond donors (Lipinski definition) is 2. The van der Waals surface area contributed by atoms with Gasteiger partial charge in [0.25, 0.3) is 0 Å². The van der Waals surface area contributed by atoms with E-state index in [4.69, 9.17) is 4.74 Å². The Balaban J connectivity index is 1.63. The van der Waals surface area contributed by atoms with Gasteiger partial charge in [-0.15, -0.1) is 0 Å². The Hall–Kier alpha value is -1.55. The molecule has 4 heteroatoms. The smallest absolute Gasteiger partial charge is 0.407 e. The molecule has 2 atom stereocenters. The molecule has 1 aromatic carbocycles. The molecule has 1 fully saturated rings. The molecule has 1 saturated carbocycles. The number of rotatable bonds is 4. The van der Waals surface area contributed by atoms with E-state index in [1.54, 1.807) is 0 Å². The van der Waals surface area contributed by atoms with E-state index in [0.717, 1.165) is 24.8 Å². The van der Waals surface area contributed by atoms with Gasteiger partial charge in [-0.25, -0.2) is 4.79 Å². The summed E-state index contributed by atoms with van der Waals surface area (Å²) >= 11 is 0. The van der Waals surface area contributed by atoms with Crippen LogP contribution in [0.15, 0.2) is 30.3 Å². The molecule has 4 nitrogen and oxygen atoms in total. The van der Waals surface area contributed by atoms with Crippen LogP contribution in [0.25, 0.3) is 0 Å². The minimum absolute atomic E-state index is 0.197. The van der Waals surface area contributed by atoms with E-state index in [1.807, 2.05) is 30.3 Å². The van der Waals surface area contributed by atoms with Crippen LogP contribution in [0.1, 0.15) is 24.8 Å². The van der Waals surface area contributed by atoms with Crippen LogP contribution in [0.3, 0.4) is 0 Å². The van der Waals surface area contributed by atoms with Gasteiger partial charge in [0, 0.05) is 6.54 Å². The fraction of sp³-hybridized carbons (Fsp3) is 0.500. The third-order valence-corrected chi connectivity index (χ3v) is 3.26. The van der Waals surface area contributed by atoms with Crippen molar-refractivity contribution < 1.29 is 14.6 Å². The van der Waals surface area contributed by atoms with E-state index in [1.165, 1.54) is 0 Å². The fourth-order valence-electron chi connectivity index (χ4n) is 2.24. The summed E-state index contributed by atoms with van der Waals surface area (Å²) in [6, 6.07) is 9.59. The molecule has 0 heterocycles. The molecule has 0 spiro atoms. The minimum atomic E-state index is -0.389. The van der Waals surface area contributed by atoms with Crippen LogP contribution in [-0.2, 0) is 11.3 Å². The average molecular weight is 249 g/mol. The van der Waals surface area contributed by atoms with Gasteiger partial charge in [0.2, 0.25) is 0 Å². The number of ether oxygens (including phenoxy) is 1. The van der Waals surface area contributed by atoms with Gasteiger partial charge in [0.15, 0.2) is 0 Å².